The second-order valence-corrected chi connectivity index (χ2v) is 7.37. The number of aryl methyl sites for hydroxylation is 1. The Morgan fingerprint density at radius 3 is 2.93 bits per heavy atom. The Balaban J connectivity index is 1.73. The summed E-state index contributed by atoms with van der Waals surface area (Å²) in [7, 11) is 0. The molecule has 1 aliphatic rings. The van der Waals surface area contributed by atoms with Crippen molar-refractivity contribution in [1.82, 2.24) is 19.9 Å². The highest BCUT2D eigenvalue weighted by Gasteiger charge is 2.23. The summed E-state index contributed by atoms with van der Waals surface area (Å²) in [5.41, 5.74) is 4.03. The van der Waals surface area contributed by atoms with Crippen LogP contribution in [-0.2, 0) is 4.84 Å². The van der Waals surface area contributed by atoms with Crippen molar-refractivity contribution in [3.63, 3.8) is 0 Å². The van der Waals surface area contributed by atoms with E-state index in [1.807, 2.05) is 39.1 Å². The van der Waals surface area contributed by atoms with Gasteiger partial charge >= 0.3 is 0 Å². The van der Waals surface area contributed by atoms with E-state index in [0.717, 1.165) is 32.5 Å². The number of ether oxygens (including phenoxy) is 1. The highest BCUT2D eigenvalue weighted by Crippen LogP contribution is 2.35. The predicted molar refractivity (Wildman–Crippen MR) is 104 cm³/mol. The van der Waals surface area contributed by atoms with Gasteiger partial charge in [0.15, 0.2) is 5.69 Å². The summed E-state index contributed by atoms with van der Waals surface area (Å²) in [6.07, 6.45) is 5.92. The maximum absolute atomic E-state index is 5.63. The van der Waals surface area contributed by atoms with Crippen LogP contribution in [0, 0.1) is 6.92 Å². The molecule has 3 aromatic heterocycles. The monoisotopic (exact) mass is 381 g/mol. The van der Waals surface area contributed by atoms with Crippen molar-refractivity contribution >= 4 is 17.0 Å². The Labute approximate surface area is 161 Å². The number of pyridine rings is 1. The largest absolute Gasteiger partial charge is 0.476 e. The van der Waals surface area contributed by atoms with E-state index in [4.69, 9.17) is 14.6 Å². The summed E-state index contributed by atoms with van der Waals surface area (Å²) < 4.78 is 5.63. The van der Waals surface area contributed by atoms with Gasteiger partial charge in [0.25, 0.3) is 0 Å². The fourth-order valence-corrected chi connectivity index (χ4v) is 3.66. The first-order valence-electron chi connectivity index (χ1n) is 8.73. The molecular weight excluding hydrogens is 362 g/mol. The number of rotatable bonds is 4. The van der Waals surface area contributed by atoms with Crippen molar-refractivity contribution in [2.75, 3.05) is 6.61 Å². The van der Waals surface area contributed by atoms with Crippen LogP contribution < -0.4 is 4.74 Å². The van der Waals surface area contributed by atoms with Crippen LogP contribution in [0.3, 0.4) is 0 Å². The first-order valence-corrected chi connectivity index (χ1v) is 9.54. The molecule has 0 N–H and O–H groups in total. The molecule has 4 rings (SSSR count). The number of fused-ring (bicyclic) bond motifs is 1. The van der Waals surface area contributed by atoms with Crippen molar-refractivity contribution in [2.45, 2.75) is 33.3 Å². The van der Waals surface area contributed by atoms with Gasteiger partial charge in [-0.05, 0) is 32.9 Å². The summed E-state index contributed by atoms with van der Waals surface area (Å²) in [6.45, 7) is 6.37. The van der Waals surface area contributed by atoms with Crippen LogP contribution in [0.15, 0.2) is 35.9 Å². The zero-order valence-electron chi connectivity index (χ0n) is 15.3. The maximum Gasteiger partial charge on any atom is 0.242 e. The van der Waals surface area contributed by atoms with E-state index in [9.17, 15) is 0 Å². The summed E-state index contributed by atoms with van der Waals surface area (Å²) >= 11 is 1.57. The smallest absolute Gasteiger partial charge is 0.242 e. The second-order valence-electron chi connectivity index (χ2n) is 6.37. The average molecular weight is 381 g/mol. The number of oxime groups is 1. The second kappa shape index (κ2) is 7.40. The van der Waals surface area contributed by atoms with Crippen LogP contribution in [0.1, 0.15) is 31.7 Å². The molecular formula is C19H19N5O2S. The highest BCUT2D eigenvalue weighted by atomic mass is 32.1. The molecule has 0 aliphatic carbocycles. The van der Waals surface area contributed by atoms with Crippen LogP contribution in [0.25, 0.3) is 21.1 Å². The molecule has 3 aromatic rings. The molecule has 0 spiro atoms. The van der Waals surface area contributed by atoms with Gasteiger partial charge in [-0.25, -0.2) is 15.0 Å². The molecule has 0 fully saturated rings. The maximum atomic E-state index is 5.63. The number of thiazole rings is 1. The van der Waals surface area contributed by atoms with Crippen LogP contribution in [0.4, 0.5) is 0 Å². The zero-order chi connectivity index (χ0) is 18.8. The predicted octanol–water partition coefficient (Wildman–Crippen LogP) is 3.88. The van der Waals surface area contributed by atoms with Gasteiger partial charge < -0.3 is 9.57 Å². The molecule has 0 aromatic carbocycles. The Morgan fingerprint density at radius 1 is 1.26 bits per heavy atom. The third kappa shape index (κ3) is 3.66. The molecule has 0 amide bonds. The van der Waals surface area contributed by atoms with E-state index >= 15 is 0 Å². The van der Waals surface area contributed by atoms with Gasteiger partial charge in [0, 0.05) is 24.4 Å². The van der Waals surface area contributed by atoms with E-state index in [0.29, 0.717) is 24.6 Å². The minimum Gasteiger partial charge on any atom is -0.476 e. The van der Waals surface area contributed by atoms with Crippen molar-refractivity contribution in [3.8, 4) is 27.0 Å². The van der Waals surface area contributed by atoms with Gasteiger partial charge in [0.05, 0.1) is 23.4 Å². The van der Waals surface area contributed by atoms with E-state index in [1.165, 1.54) is 0 Å². The normalized spacial score (nSPS) is 14.9. The van der Waals surface area contributed by atoms with Gasteiger partial charge in [-0.2, -0.15) is 0 Å². The first-order chi connectivity index (χ1) is 13.1. The lowest BCUT2D eigenvalue weighted by molar-refractivity contribution is 0.0848. The van der Waals surface area contributed by atoms with Crippen molar-refractivity contribution in [3.05, 3.63) is 42.1 Å². The lowest BCUT2D eigenvalue weighted by Gasteiger charge is -2.17. The third-order valence-electron chi connectivity index (χ3n) is 3.90. The summed E-state index contributed by atoms with van der Waals surface area (Å²) in [4.78, 5) is 24.4. The molecule has 138 valence electrons. The molecule has 0 saturated carbocycles. The summed E-state index contributed by atoms with van der Waals surface area (Å²) in [5, 5.41) is 5.15. The molecule has 0 radical (unpaired) electrons. The number of hydrogen-bond acceptors (Lipinski definition) is 8. The van der Waals surface area contributed by atoms with Crippen LogP contribution in [-0.4, -0.2) is 38.4 Å². The molecule has 4 heterocycles. The van der Waals surface area contributed by atoms with Gasteiger partial charge in [-0.1, -0.05) is 5.16 Å². The fraction of sp³-hybridized carbons (Fsp3) is 0.316. The van der Waals surface area contributed by atoms with Gasteiger partial charge in [-0.3, -0.25) is 4.98 Å². The van der Waals surface area contributed by atoms with E-state index < -0.39 is 0 Å². The number of aromatic nitrogens is 4. The number of hydrogen-bond donors (Lipinski definition) is 0. The van der Waals surface area contributed by atoms with Crippen molar-refractivity contribution in [2.24, 2.45) is 5.16 Å². The van der Waals surface area contributed by atoms with Crippen LogP contribution >= 0.6 is 11.3 Å². The van der Waals surface area contributed by atoms with Crippen molar-refractivity contribution < 1.29 is 9.57 Å². The lowest BCUT2D eigenvalue weighted by Crippen LogP contribution is -2.20. The standard InChI is InChI=1S/C19H19N5O2S/c1-11(2)26-24-14-6-8-25-18-16(14)23-15(10-21-18)17-12(3)22-19(27-17)13-5-4-7-20-9-13/h4-5,7,9-11H,6,8H2,1-3H3. The minimum atomic E-state index is 0.00529. The molecule has 27 heavy (non-hydrogen) atoms. The molecule has 0 unspecified atom stereocenters. The highest BCUT2D eigenvalue weighted by molar-refractivity contribution is 7.18. The quantitative estimate of drug-likeness (QED) is 0.638. The molecule has 0 atom stereocenters. The van der Waals surface area contributed by atoms with Crippen molar-refractivity contribution in [1.29, 1.82) is 0 Å². The van der Waals surface area contributed by atoms with Gasteiger partial charge in [0.1, 0.15) is 22.5 Å². The topological polar surface area (TPSA) is 82.4 Å². The molecule has 1 aliphatic heterocycles. The van der Waals surface area contributed by atoms with E-state index in [-0.39, 0.29) is 6.10 Å². The average Bonchev–Trinajstić information content (AvgIpc) is 3.08. The molecule has 0 bridgehead atoms. The zero-order valence-corrected chi connectivity index (χ0v) is 16.2. The minimum absolute atomic E-state index is 0.00529. The van der Waals surface area contributed by atoms with Crippen LogP contribution in [0.2, 0.25) is 0 Å². The molecule has 8 heteroatoms. The third-order valence-corrected chi connectivity index (χ3v) is 5.13. The molecule has 7 nitrogen and oxygen atoms in total. The first kappa shape index (κ1) is 17.5. The summed E-state index contributed by atoms with van der Waals surface area (Å²) in [5.74, 6) is 0.491. The van der Waals surface area contributed by atoms with Gasteiger partial charge in [-0.15, -0.1) is 11.3 Å². The Kier molecular flexibility index (Phi) is 4.81. The summed E-state index contributed by atoms with van der Waals surface area (Å²) in [6, 6.07) is 3.90. The lowest BCUT2D eigenvalue weighted by atomic mass is 10.1. The number of nitrogens with zero attached hydrogens (tertiary/aromatic N) is 5. The Hall–Kier alpha value is -2.87. The molecule has 0 saturated heterocycles. The van der Waals surface area contributed by atoms with E-state index in [2.05, 4.69) is 20.1 Å². The Bertz CT molecular complexity index is 985. The van der Waals surface area contributed by atoms with Gasteiger partial charge in [0.2, 0.25) is 5.88 Å². The Morgan fingerprint density at radius 2 is 2.15 bits per heavy atom. The SMILES string of the molecule is Cc1nc(-c2cccnc2)sc1-c1cnc2c(n1)C(=NOC(C)C)CCO2. The van der Waals surface area contributed by atoms with Crippen LogP contribution in [0.5, 0.6) is 5.88 Å². The fourth-order valence-electron chi connectivity index (χ4n) is 2.65. The van der Waals surface area contributed by atoms with E-state index in [1.54, 1.807) is 23.7 Å².